The summed E-state index contributed by atoms with van der Waals surface area (Å²) in [5, 5.41) is 9.30. The second-order valence-electron chi connectivity index (χ2n) is 6.51. The standard InChI is InChI=1S/C19H22N2O2/c1-14-8-18(19(22)23)13-21(11-14)12-15-4-2-5-16(9-15)17-6-3-7-20-10-17/h2-7,9-10,14,18H,8,11-13H2,1H3,(H,22,23). The average molecular weight is 310 g/mol. The van der Waals surface area contributed by atoms with E-state index in [1.165, 1.54) is 5.56 Å². The highest BCUT2D eigenvalue weighted by molar-refractivity contribution is 5.70. The molecule has 4 nitrogen and oxygen atoms in total. The van der Waals surface area contributed by atoms with Crippen molar-refractivity contribution >= 4 is 5.97 Å². The molecule has 2 unspecified atom stereocenters. The van der Waals surface area contributed by atoms with Gasteiger partial charge >= 0.3 is 5.97 Å². The maximum absolute atomic E-state index is 11.3. The van der Waals surface area contributed by atoms with Gasteiger partial charge in [0.1, 0.15) is 0 Å². The molecule has 1 fully saturated rings. The second kappa shape index (κ2) is 6.92. The molecule has 2 heterocycles. The average Bonchev–Trinajstić information content (AvgIpc) is 2.55. The Morgan fingerprint density at radius 2 is 2.09 bits per heavy atom. The minimum absolute atomic E-state index is 0.250. The third-order valence-corrected chi connectivity index (χ3v) is 4.41. The first-order chi connectivity index (χ1) is 11.1. The highest BCUT2D eigenvalue weighted by Gasteiger charge is 2.29. The molecule has 0 bridgehead atoms. The molecule has 0 radical (unpaired) electrons. The molecule has 2 aromatic rings. The Bertz CT molecular complexity index is 672. The van der Waals surface area contributed by atoms with Crippen LogP contribution in [0.3, 0.4) is 0 Å². The molecule has 1 saturated heterocycles. The SMILES string of the molecule is CC1CC(C(=O)O)CN(Cc2cccc(-c3cccnc3)c2)C1. The van der Waals surface area contributed by atoms with Gasteiger partial charge in [-0.05, 0) is 41.2 Å². The fourth-order valence-electron chi connectivity index (χ4n) is 3.41. The van der Waals surface area contributed by atoms with Gasteiger partial charge in [-0.2, -0.15) is 0 Å². The zero-order valence-electron chi connectivity index (χ0n) is 13.4. The first-order valence-corrected chi connectivity index (χ1v) is 8.06. The third-order valence-electron chi connectivity index (χ3n) is 4.41. The number of likely N-dealkylation sites (tertiary alicyclic amines) is 1. The van der Waals surface area contributed by atoms with Gasteiger partial charge in [0.15, 0.2) is 0 Å². The van der Waals surface area contributed by atoms with Crippen LogP contribution in [0.15, 0.2) is 48.8 Å². The van der Waals surface area contributed by atoms with Crippen LogP contribution in [0.5, 0.6) is 0 Å². The molecular weight excluding hydrogens is 288 g/mol. The predicted molar refractivity (Wildman–Crippen MR) is 89.9 cm³/mol. The zero-order valence-corrected chi connectivity index (χ0v) is 13.4. The lowest BCUT2D eigenvalue weighted by atomic mass is 9.90. The zero-order chi connectivity index (χ0) is 16.2. The number of rotatable bonds is 4. The quantitative estimate of drug-likeness (QED) is 0.941. The van der Waals surface area contributed by atoms with E-state index in [1.54, 1.807) is 6.20 Å². The van der Waals surface area contributed by atoms with Crippen LogP contribution in [-0.2, 0) is 11.3 Å². The number of benzene rings is 1. The largest absolute Gasteiger partial charge is 0.481 e. The fourth-order valence-corrected chi connectivity index (χ4v) is 3.41. The van der Waals surface area contributed by atoms with Crippen molar-refractivity contribution < 1.29 is 9.90 Å². The number of pyridine rings is 1. The van der Waals surface area contributed by atoms with Crippen LogP contribution in [0.4, 0.5) is 0 Å². The highest BCUT2D eigenvalue weighted by Crippen LogP contribution is 2.25. The Morgan fingerprint density at radius 3 is 2.83 bits per heavy atom. The van der Waals surface area contributed by atoms with E-state index in [0.717, 1.165) is 30.6 Å². The normalized spacial score (nSPS) is 22.0. The molecule has 0 spiro atoms. The Morgan fingerprint density at radius 1 is 1.26 bits per heavy atom. The van der Waals surface area contributed by atoms with Crippen molar-refractivity contribution in [3.05, 3.63) is 54.4 Å². The van der Waals surface area contributed by atoms with E-state index < -0.39 is 5.97 Å². The smallest absolute Gasteiger partial charge is 0.307 e. The van der Waals surface area contributed by atoms with Crippen molar-refractivity contribution in [2.45, 2.75) is 19.9 Å². The van der Waals surface area contributed by atoms with Crippen LogP contribution in [-0.4, -0.2) is 34.0 Å². The predicted octanol–water partition coefficient (Wildman–Crippen LogP) is 3.29. The monoisotopic (exact) mass is 310 g/mol. The first-order valence-electron chi connectivity index (χ1n) is 8.06. The van der Waals surface area contributed by atoms with Crippen LogP contribution < -0.4 is 0 Å². The number of carbonyl (C=O) groups is 1. The lowest BCUT2D eigenvalue weighted by molar-refractivity contribution is -0.144. The van der Waals surface area contributed by atoms with Crippen LogP contribution in [0.1, 0.15) is 18.9 Å². The molecule has 1 aromatic heterocycles. The van der Waals surface area contributed by atoms with Gasteiger partial charge in [-0.25, -0.2) is 0 Å². The van der Waals surface area contributed by atoms with Crippen molar-refractivity contribution in [1.82, 2.24) is 9.88 Å². The van der Waals surface area contributed by atoms with Crippen molar-refractivity contribution in [2.75, 3.05) is 13.1 Å². The molecule has 120 valence electrons. The van der Waals surface area contributed by atoms with E-state index in [2.05, 4.69) is 47.1 Å². The van der Waals surface area contributed by atoms with E-state index in [1.807, 2.05) is 12.3 Å². The molecule has 1 N–H and O–H groups in total. The number of aromatic nitrogens is 1. The van der Waals surface area contributed by atoms with Gasteiger partial charge in [0.25, 0.3) is 0 Å². The lowest BCUT2D eigenvalue weighted by Gasteiger charge is -2.34. The number of nitrogens with zero attached hydrogens (tertiary/aromatic N) is 2. The topological polar surface area (TPSA) is 53.4 Å². The second-order valence-corrected chi connectivity index (χ2v) is 6.51. The molecule has 1 aliphatic rings. The summed E-state index contributed by atoms with van der Waals surface area (Å²) in [7, 11) is 0. The molecule has 23 heavy (non-hydrogen) atoms. The molecule has 1 aromatic carbocycles. The Hall–Kier alpha value is -2.20. The maximum Gasteiger partial charge on any atom is 0.307 e. The summed E-state index contributed by atoms with van der Waals surface area (Å²) in [4.78, 5) is 17.7. The Kier molecular flexibility index (Phi) is 4.72. The van der Waals surface area contributed by atoms with Gasteiger partial charge in [0.05, 0.1) is 5.92 Å². The molecule has 1 aliphatic heterocycles. The number of carboxylic acid groups (broad SMARTS) is 1. The minimum atomic E-state index is -0.675. The van der Waals surface area contributed by atoms with Crippen molar-refractivity contribution in [3.63, 3.8) is 0 Å². The summed E-state index contributed by atoms with van der Waals surface area (Å²) in [6.45, 7) is 4.52. The number of hydrogen-bond donors (Lipinski definition) is 1. The summed E-state index contributed by atoms with van der Waals surface area (Å²) in [6.07, 6.45) is 4.42. The summed E-state index contributed by atoms with van der Waals surface area (Å²) in [5.41, 5.74) is 3.46. The van der Waals surface area contributed by atoms with Crippen molar-refractivity contribution in [3.8, 4) is 11.1 Å². The van der Waals surface area contributed by atoms with Gasteiger partial charge in [0.2, 0.25) is 0 Å². The number of piperidine rings is 1. The molecule has 0 amide bonds. The molecule has 0 aliphatic carbocycles. The van der Waals surface area contributed by atoms with Crippen molar-refractivity contribution in [1.29, 1.82) is 0 Å². The van der Waals surface area contributed by atoms with E-state index in [4.69, 9.17) is 0 Å². The summed E-state index contributed by atoms with van der Waals surface area (Å²) >= 11 is 0. The molecule has 2 atom stereocenters. The van der Waals surface area contributed by atoms with Gasteiger partial charge in [0, 0.05) is 32.0 Å². The lowest BCUT2D eigenvalue weighted by Crippen LogP contribution is -2.41. The van der Waals surface area contributed by atoms with E-state index in [9.17, 15) is 9.90 Å². The molecule has 0 saturated carbocycles. The van der Waals surface area contributed by atoms with Crippen LogP contribution in [0.25, 0.3) is 11.1 Å². The molecule has 4 heteroatoms. The number of hydrogen-bond acceptors (Lipinski definition) is 3. The number of carboxylic acids is 1. The summed E-state index contributed by atoms with van der Waals surface area (Å²) in [6, 6.07) is 12.4. The minimum Gasteiger partial charge on any atom is -0.481 e. The van der Waals surface area contributed by atoms with Crippen LogP contribution >= 0.6 is 0 Å². The Labute approximate surface area is 136 Å². The fraction of sp³-hybridized carbons (Fsp3) is 0.368. The van der Waals surface area contributed by atoms with Crippen LogP contribution in [0, 0.1) is 11.8 Å². The number of aliphatic carboxylic acids is 1. The van der Waals surface area contributed by atoms with Gasteiger partial charge in [-0.3, -0.25) is 14.7 Å². The maximum atomic E-state index is 11.3. The molecule has 3 rings (SSSR count). The Balaban J connectivity index is 1.74. The van der Waals surface area contributed by atoms with Gasteiger partial charge in [-0.15, -0.1) is 0 Å². The van der Waals surface area contributed by atoms with E-state index in [-0.39, 0.29) is 5.92 Å². The summed E-state index contributed by atoms with van der Waals surface area (Å²) in [5.74, 6) is -0.503. The van der Waals surface area contributed by atoms with Crippen LogP contribution in [0.2, 0.25) is 0 Å². The van der Waals surface area contributed by atoms with Crippen molar-refractivity contribution in [2.24, 2.45) is 11.8 Å². The molecular formula is C19H22N2O2. The third kappa shape index (κ3) is 3.96. The van der Waals surface area contributed by atoms with Gasteiger partial charge in [-0.1, -0.05) is 31.2 Å². The van der Waals surface area contributed by atoms with E-state index in [0.29, 0.717) is 12.5 Å². The van der Waals surface area contributed by atoms with Gasteiger partial charge < -0.3 is 5.11 Å². The van der Waals surface area contributed by atoms with E-state index >= 15 is 0 Å². The highest BCUT2D eigenvalue weighted by atomic mass is 16.4. The summed E-state index contributed by atoms with van der Waals surface area (Å²) < 4.78 is 0. The first kappa shape index (κ1) is 15.7.